The summed E-state index contributed by atoms with van der Waals surface area (Å²) < 4.78 is 0. The fraction of sp³-hybridized carbons (Fsp3) is 0.667. The number of aliphatic imine (C=N–C) groups is 1. The van der Waals surface area contributed by atoms with E-state index >= 15 is 0 Å². The van der Waals surface area contributed by atoms with Crippen LogP contribution in [0.25, 0.3) is 0 Å². The van der Waals surface area contributed by atoms with Crippen LogP contribution in [0.2, 0.25) is 0 Å². The third-order valence-corrected chi connectivity index (χ3v) is 1.27. The van der Waals surface area contributed by atoms with E-state index in [0.29, 0.717) is 19.4 Å². The molecular weight excluding hydrogens is 224 g/mol. The molecule has 0 rings (SSSR count). The normalized spacial score (nSPS) is 11.2. The Hall–Kier alpha value is -0.781. The topological polar surface area (TPSA) is 131 Å². The Balaban J connectivity index is 0. The maximum Gasteiger partial charge on any atom is 2.00 e. The van der Waals surface area contributed by atoms with Crippen molar-refractivity contribution in [3.63, 3.8) is 0 Å². The standard InChI is InChI=1S/C6H14N4O2.Cu/c7-4(5(11)12)2-1-3-10-6(8)9;/h4H,1-3,7H2,(H,11,12)(H4,8,9,10);/q;+2/p-1/t4-;/m0./s1. The summed E-state index contributed by atoms with van der Waals surface area (Å²) in [6.07, 6.45) is 0.853. The summed E-state index contributed by atoms with van der Waals surface area (Å²) in [6.45, 7) is 0.392. The van der Waals surface area contributed by atoms with E-state index in [0.717, 1.165) is 0 Å². The number of hydrogen-bond acceptors (Lipinski definition) is 4. The Kier molecular flexibility index (Phi) is 8.89. The van der Waals surface area contributed by atoms with Gasteiger partial charge in [0, 0.05) is 12.6 Å². The van der Waals surface area contributed by atoms with Crippen LogP contribution in [0.5, 0.6) is 0 Å². The minimum absolute atomic E-state index is 0. The molecule has 0 aliphatic carbocycles. The van der Waals surface area contributed by atoms with Gasteiger partial charge in [-0.3, -0.25) is 4.99 Å². The molecule has 6 nitrogen and oxygen atoms in total. The second-order valence-electron chi connectivity index (χ2n) is 2.37. The molecule has 79 valence electrons. The van der Waals surface area contributed by atoms with E-state index in [2.05, 4.69) is 4.99 Å². The first kappa shape index (κ1) is 14.7. The van der Waals surface area contributed by atoms with Crippen molar-refractivity contribution in [2.24, 2.45) is 22.2 Å². The maximum atomic E-state index is 10.1. The molecule has 0 saturated heterocycles. The molecule has 0 aliphatic rings. The molecule has 0 fully saturated rings. The zero-order valence-corrected chi connectivity index (χ0v) is 7.94. The molecule has 0 aromatic rings. The molecule has 0 bridgehead atoms. The van der Waals surface area contributed by atoms with Crippen molar-refractivity contribution in [2.45, 2.75) is 18.9 Å². The molecule has 0 aromatic heterocycles. The first-order chi connectivity index (χ1) is 5.54. The largest absolute Gasteiger partial charge is 2.00 e. The molecule has 1 atom stereocenters. The third kappa shape index (κ3) is 9.13. The number of guanidine groups is 1. The van der Waals surface area contributed by atoms with Crippen molar-refractivity contribution < 1.29 is 27.0 Å². The molecule has 0 unspecified atom stereocenters. The number of carboxylic acid groups (broad SMARTS) is 1. The molecule has 6 N–H and O–H groups in total. The summed E-state index contributed by atoms with van der Waals surface area (Å²) in [7, 11) is 0. The average Bonchev–Trinajstić information content (AvgIpc) is 1.97. The Labute approximate surface area is 87.0 Å². The molecule has 0 amide bonds. The Morgan fingerprint density at radius 1 is 1.46 bits per heavy atom. The van der Waals surface area contributed by atoms with E-state index in [9.17, 15) is 9.90 Å². The minimum Gasteiger partial charge on any atom is -0.548 e. The summed E-state index contributed by atoms with van der Waals surface area (Å²) in [5.41, 5.74) is 15.2. The summed E-state index contributed by atoms with van der Waals surface area (Å²) in [6, 6.07) is -0.931. The van der Waals surface area contributed by atoms with Crippen LogP contribution in [-0.2, 0) is 21.9 Å². The summed E-state index contributed by atoms with van der Waals surface area (Å²) in [4.78, 5) is 13.8. The van der Waals surface area contributed by atoms with Gasteiger partial charge in [0.1, 0.15) is 0 Å². The molecule has 0 aromatic carbocycles. The Morgan fingerprint density at radius 3 is 2.38 bits per heavy atom. The first-order valence-corrected chi connectivity index (χ1v) is 3.56. The van der Waals surface area contributed by atoms with Gasteiger partial charge in [-0.05, 0) is 12.8 Å². The molecule has 0 spiro atoms. The van der Waals surface area contributed by atoms with Gasteiger partial charge in [-0.25, -0.2) is 0 Å². The molecule has 1 radical (unpaired) electrons. The van der Waals surface area contributed by atoms with Crippen LogP contribution in [0, 0.1) is 0 Å². The quantitative estimate of drug-likeness (QED) is 0.204. The van der Waals surface area contributed by atoms with Crippen LogP contribution < -0.4 is 22.3 Å². The SMILES string of the molecule is NC(N)=NCCC[C@H](N)C(=O)[O-].[Cu+2]. The number of nitrogens with zero attached hydrogens (tertiary/aromatic N) is 1. The predicted molar refractivity (Wildman–Crippen MR) is 42.9 cm³/mol. The van der Waals surface area contributed by atoms with E-state index in [1.807, 2.05) is 0 Å². The van der Waals surface area contributed by atoms with Crippen molar-refractivity contribution in [1.82, 2.24) is 0 Å². The van der Waals surface area contributed by atoms with Crippen LogP contribution in [0.15, 0.2) is 4.99 Å². The van der Waals surface area contributed by atoms with Crippen LogP contribution in [0.3, 0.4) is 0 Å². The van der Waals surface area contributed by atoms with Gasteiger partial charge in [0.2, 0.25) is 0 Å². The number of aliphatic carboxylic acids is 1. The van der Waals surface area contributed by atoms with Gasteiger partial charge in [-0.15, -0.1) is 0 Å². The zero-order chi connectivity index (χ0) is 9.56. The summed E-state index contributed by atoms with van der Waals surface area (Å²) in [5, 5.41) is 10.1. The number of hydrogen-bond donors (Lipinski definition) is 3. The minimum atomic E-state index is -1.25. The van der Waals surface area contributed by atoms with Gasteiger partial charge in [0.05, 0.1) is 5.97 Å². The van der Waals surface area contributed by atoms with Gasteiger partial charge >= 0.3 is 17.1 Å². The van der Waals surface area contributed by atoms with Crippen molar-refractivity contribution in [1.29, 1.82) is 0 Å². The molecular formula is C6H13CuN4O2+. The fourth-order valence-corrected chi connectivity index (χ4v) is 0.637. The third-order valence-electron chi connectivity index (χ3n) is 1.27. The average molecular weight is 237 g/mol. The van der Waals surface area contributed by atoms with Crippen molar-refractivity contribution in [2.75, 3.05) is 6.54 Å². The van der Waals surface area contributed by atoms with Crippen LogP contribution in [0.1, 0.15) is 12.8 Å². The van der Waals surface area contributed by atoms with Crippen LogP contribution >= 0.6 is 0 Å². The second-order valence-corrected chi connectivity index (χ2v) is 2.37. The first-order valence-electron chi connectivity index (χ1n) is 3.56. The van der Waals surface area contributed by atoms with E-state index in [1.165, 1.54) is 0 Å². The predicted octanol–water partition coefficient (Wildman–Crippen LogP) is -2.89. The number of rotatable bonds is 5. The zero-order valence-electron chi connectivity index (χ0n) is 7.00. The summed E-state index contributed by atoms with van der Waals surface area (Å²) in [5.74, 6) is -1.25. The van der Waals surface area contributed by atoms with Gasteiger partial charge in [0.25, 0.3) is 0 Å². The Bertz CT molecular complexity index is 181. The van der Waals surface area contributed by atoms with Crippen molar-refractivity contribution in [3.05, 3.63) is 0 Å². The van der Waals surface area contributed by atoms with E-state index in [4.69, 9.17) is 17.2 Å². The van der Waals surface area contributed by atoms with Crippen LogP contribution in [0.4, 0.5) is 0 Å². The van der Waals surface area contributed by atoms with Gasteiger partial charge in [0.15, 0.2) is 5.96 Å². The summed E-state index contributed by atoms with van der Waals surface area (Å²) >= 11 is 0. The number of carbonyl (C=O) groups excluding carboxylic acids is 1. The van der Waals surface area contributed by atoms with Crippen molar-refractivity contribution in [3.8, 4) is 0 Å². The molecule has 7 heteroatoms. The van der Waals surface area contributed by atoms with Gasteiger partial charge in [-0.2, -0.15) is 0 Å². The fourth-order valence-electron chi connectivity index (χ4n) is 0.637. The van der Waals surface area contributed by atoms with E-state index in [1.54, 1.807) is 0 Å². The second kappa shape index (κ2) is 7.85. The van der Waals surface area contributed by atoms with E-state index < -0.39 is 12.0 Å². The number of nitrogens with two attached hydrogens (primary N) is 3. The molecule has 13 heavy (non-hydrogen) atoms. The van der Waals surface area contributed by atoms with Gasteiger partial charge in [-0.1, -0.05) is 0 Å². The molecule has 0 saturated carbocycles. The number of carbonyl (C=O) groups is 1. The van der Waals surface area contributed by atoms with Crippen LogP contribution in [-0.4, -0.2) is 24.5 Å². The van der Waals surface area contributed by atoms with E-state index in [-0.39, 0.29) is 23.0 Å². The Morgan fingerprint density at radius 2 is 2.00 bits per heavy atom. The van der Waals surface area contributed by atoms with Crippen molar-refractivity contribution >= 4 is 11.9 Å². The molecule has 0 heterocycles. The van der Waals surface area contributed by atoms with Gasteiger partial charge < -0.3 is 27.1 Å². The smallest absolute Gasteiger partial charge is 0.548 e. The molecule has 0 aliphatic heterocycles. The maximum absolute atomic E-state index is 10.1. The number of carboxylic acids is 1. The monoisotopic (exact) mass is 236 g/mol.